The Morgan fingerprint density at radius 3 is 2.47 bits per heavy atom. The van der Waals surface area contributed by atoms with Crippen LogP contribution >= 0.6 is 0 Å². The first-order chi connectivity index (χ1) is 6.72. The molecule has 0 unspecified atom stereocenters. The van der Waals surface area contributed by atoms with Gasteiger partial charge in [-0.25, -0.2) is 8.42 Å². The lowest BCUT2D eigenvalue weighted by Gasteiger charge is -2.18. The Kier molecular flexibility index (Phi) is 4.78. The standard InChI is InChI=1S/C9H15NO4S/c1-5-9(3,4)10-15(12,13)7-8(11)14-6-2/h1,10H,6-7H2,2-4H3. The van der Waals surface area contributed by atoms with Gasteiger partial charge in [0.05, 0.1) is 12.1 Å². The quantitative estimate of drug-likeness (QED) is 0.531. The molecule has 0 fully saturated rings. The van der Waals surface area contributed by atoms with Crippen molar-refractivity contribution in [3.8, 4) is 12.3 Å². The molecule has 0 aliphatic heterocycles. The van der Waals surface area contributed by atoms with E-state index in [-0.39, 0.29) is 6.61 Å². The van der Waals surface area contributed by atoms with Crippen molar-refractivity contribution in [2.75, 3.05) is 12.4 Å². The molecule has 0 aliphatic rings. The summed E-state index contributed by atoms with van der Waals surface area (Å²) in [4.78, 5) is 10.9. The Morgan fingerprint density at radius 2 is 2.07 bits per heavy atom. The Morgan fingerprint density at radius 1 is 1.53 bits per heavy atom. The van der Waals surface area contributed by atoms with Crippen LogP contribution in [0.2, 0.25) is 0 Å². The monoisotopic (exact) mass is 233 g/mol. The summed E-state index contributed by atoms with van der Waals surface area (Å²) < 4.78 is 29.5. The van der Waals surface area contributed by atoms with Crippen LogP contribution < -0.4 is 4.72 Å². The van der Waals surface area contributed by atoms with Crippen LogP contribution in [0.15, 0.2) is 0 Å². The highest BCUT2D eigenvalue weighted by Gasteiger charge is 2.25. The maximum Gasteiger partial charge on any atom is 0.322 e. The van der Waals surface area contributed by atoms with Crippen molar-refractivity contribution < 1.29 is 17.9 Å². The number of rotatable bonds is 5. The number of nitrogens with one attached hydrogen (secondary N) is 1. The maximum atomic E-state index is 11.4. The van der Waals surface area contributed by atoms with Gasteiger partial charge < -0.3 is 4.74 Å². The van der Waals surface area contributed by atoms with E-state index in [4.69, 9.17) is 6.42 Å². The van der Waals surface area contributed by atoms with E-state index < -0.39 is 27.3 Å². The largest absolute Gasteiger partial charge is 0.465 e. The van der Waals surface area contributed by atoms with Crippen molar-refractivity contribution >= 4 is 16.0 Å². The zero-order valence-corrected chi connectivity index (χ0v) is 9.85. The van der Waals surface area contributed by atoms with Crippen molar-refractivity contribution in [2.45, 2.75) is 26.3 Å². The molecule has 0 amide bonds. The molecule has 5 nitrogen and oxygen atoms in total. The Labute approximate surface area is 90.2 Å². The molecule has 0 radical (unpaired) electrons. The van der Waals surface area contributed by atoms with Gasteiger partial charge >= 0.3 is 5.97 Å². The van der Waals surface area contributed by atoms with Crippen LogP contribution in [0.5, 0.6) is 0 Å². The number of carbonyl (C=O) groups excluding carboxylic acids is 1. The third kappa shape index (κ3) is 6.10. The Bertz CT molecular complexity index is 364. The van der Waals surface area contributed by atoms with E-state index in [2.05, 4.69) is 15.4 Å². The van der Waals surface area contributed by atoms with Crippen LogP contribution in [0.4, 0.5) is 0 Å². The van der Waals surface area contributed by atoms with Gasteiger partial charge in [0.25, 0.3) is 0 Å². The minimum atomic E-state index is -3.74. The molecule has 86 valence electrons. The fourth-order valence-electron chi connectivity index (χ4n) is 0.812. The highest BCUT2D eigenvalue weighted by molar-refractivity contribution is 7.90. The number of ether oxygens (including phenoxy) is 1. The smallest absolute Gasteiger partial charge is 0.322 e. The van der Waals surface area contributed by atoms with Crippen molar-refractivity contribution in [3.05, 3.63) is 0 Å². The molecule has 0 aromatic heterocycles. The highest BCUT2D eigenvalue weighted by Crippen LogP contribution is 2.02. The number of hydrogen-bond acceptors (Lipinski definition) is 4. The third-order valence-electron chi connectivity index (χ3n) is 1.38. The van der Waals surface area contributed by atoms with E-state index in [1.807, 2.05) is 0 Å². The summed E-state index contributed by atoms with van der Waals surface area (Å²) in [6.45, 7) is 4.79. The summed E-state index contributed by atoms with van der Waals surface area (Å²) in [6, 6.07) is 0. The van der Waals surface area contributed by atoms with E-state index in [0.717, 1.165) is 0 Å². The molecule has 6 heteroatoms. The molecule has 0 aliphatic carbocycles. The van der Waals surface area contributed by atoms with Crippen molar-refractivity contribution in [2.24, 2.45) is 0 Å². The van der Waals surface area contributed by atoms with Gasteiger partial charge in [0.1, 0.15) is 0 Å². The molecule has 0 rings (SSSR count). The highest BCUT2D eigenvalue weighted by atomic mass is 32.2. The van der Waals surface area contributed by atoms with Gasteiger partial charge in [-0.3, -0.25) is 4.79 Å². The van der Waals surface area contributed by atoms with Gasteiger partial charge in [0.2, 0.25) is 10.0 Å². The lowest BCUT2D eigenvalue weighted by molar-refractivity contribution is -0.139. The SMILES string of the molecule is C#CC(C)(C)NS(=O)(=O)CC(=O)OCC. The van der Waals surface area contributed by atoms with Gasteiger partial charge in [-0.15, -0.1) is 6.42 Å². The second-order valence-electron chi connectivity index (χ2n) is 3.44. The molecule has 0 saturated heterocycles. The number of esters is 1. The molecule has 0 aromatic carbocycles. The summed E-state index contributed by atoms with van der Waals surface area (Å²) in [5.41, 5.74) is -1.01. The maximum absolute atomic E-state index is 11.4. The zero-order valence-electron chi connectivity index (χ0n) is 9.03. The van der Waals surface area contributed by atoms with Crippen LogP contribution in [0.1, 0.15) is 20.8 Å². The fourth-order valence-corrected chi connectivity index (χ4v) is 2.11. The van der Waals surface area contributed by atoms with Crippen molar-refractivity contribution in [1.82, 2.24) is 4.72 Å². The summed E-state index contributed by atoms with van der Waals surface area (Å²) in [7, 11) is -3.74. The molecule has 15 heavy (non-hydrogen) atoms. The predicted molar refractivity (Wildman–Crippen MR) is 56.5 cm³/mol. The van der Waals surface area contributed by atoms with Crippen LogP contribution in [0.3, 0.4) is 0 Å². The number of hydrogen-bond donors (Lipinski definition) is 1. The minimum absolute atomic E-state index is 0.146. The Balaban J connectivity index is 4.47. The number of carbonyl (C=O) groups is 1. The van der Waals surface area contributed by atoms with Gasteiger partial charge in [0.15, 0.2) is 5.75 Å². The summed E-state index contributed by atoms with van der Waals surface area (Å²) >= 11 is 0. The second kappa shape index (κ2) is 5.14. The van der Waals surface area contributed by atoms with Gasteiger partial charge in [-0.1, -0.05) is 5.92 Å². The average Bonchev–Trinajstić information content (AvgIpc) is 2.01. The second-order valence-corrected chi connectivity index (χ2v) is 5.16. The summed E-state index contributed by atoms with van der Waals surface area (Å²) in [5, 5.41) is 0. The van der Waals surface area contributed by atoms with Crippen LogP contribution in [-0.4, -0.2) is 32.3 Å². The van der Waals surface area contributed by atoms with E-state index >= 15 is 0 Å². The molecule has 0 atom stereocenters. The van der Waals surface area contributed by atoms with Crippen LogP contribution in [-0.2, 0) is 19.6 Å². The molecule has 0 saturated carbocycles. The lowest BCUT2D eigenvalue weighted by Crippen LogP contribution is -2.44. The summed E-state index contributed by atoms with van der Waals surface area (Å²) in [5.74, 6) is 0.750. The third-order valence-corrected chi connectivity index (χ3v) is 2.82. The van der Waals surface area contributed by atoms with Crippen molar-refractivity contribution in [1.29, 1.82) is 0 Å². The molecule has 1 N–H and O–H groups in total. The molecule has 0 aromatic rings. The predicted octanol–water partition coefficient (Wildman–Crippen LogP) is -0.119. The first kappa shape index (κ1) is 13.9. The van der Waals surface area contributed by atoms with Crippen LogP contribution in [0.25, 0.3) is 0 Å². The summed E-state index contributed by atoms with van der Waals surface area (Å²) in [6.07, 6.45) is 5.11. The van der Waals surface area contributed by atoms with Gasteiger partial charge in [-0.05, 0) is 20.8 Å². The van der Waals surface area contributed by atoms with E-state index in [0.29, 0.717) is 0 Å². The van der Waals surface area contributed by atoms with E-state index in [1.54, 1.807) is 6.92 Å². The van der Waals surface area contributed by atoms with Gasteiger partial charge in [-0.2, -0.15) is 4.72 Å². The Hall–Kier alpha value is -1.06. The zero-order chi connectivity index (χ0) is 12.1. The van der Waals surface area contributed by atoms with Gasteiger partial charge in [0, 0.05) is 0 Å². The first-order valence-corrected chi connectivity index (χ1v) is 6.02. The molecular formula is C9H15NO4S. The number of sulfonamides is 1. The molecular weight excluding hydrogens is 218 g/mol. The molecule has 0 heterocycles. The van der Waals surface area contributed by atoms with E-state index in [1.165, 1.54) is 13.8 Å². The molecule has 0 bridgehead atoms. The average molecular weight is 233 g/mol. The van der Waals surface area contributed by atoms with Crippen LogP contribution in [0, 0.1) is 12.3 Å². The van der Waals surface area contributed by atoms with Crippen molar-refractivity contribution in [3.63, 3.8) is 0 Å². The molecule has 0 spiro atoms. The minimum Gasteiger partial charge on any atom is -0.465 e. The first-order valence-electron chi connectivity index (χ1n) is 4.37. The van der Waals surface area contributed by atoms with E-state index in [9.17, 15) is 13.2 Å². The lowest BCUT2D eigenvalue weighted by atomic mass is 10.1. The normalized spacial score (nSPS) is 11.9. The fraction of sp³-hybridized carbons (Fsp3) is 0.667. The topological polar surface area (TPSA) is 72.5 Å². The number of terminal acetylenes is 1.